The predicted octanol–water partition coefficient (Wildman–Crippen LogP) is 2.27. The van der Waals surface area contributed by atoms with Gasteiger partial charge in [-0.1, -0.05) is 12.8 Å². The number of nitrogens with one attached hydrogen (secondary N) is 1. The lowest BCUT2D eigenvalue weighted by Crippen LogP contribution is -2.53. The second-order valence-electron chi connectivity index (χ2n) is 6.77. The number of rotatable bonds is 4. The van der Waals surface area contributed by atoms with E-state index in [2.05, 4.69) is 17.3 Å². The molecule has 3 fully saturated rings. The molecule has 4 unspecified atom stereocenters. The molecule has 1 aliphatic carbocycles. The summed E-state index contributed by atoms with van der Waals surface area (Å²) in [6.07, 6.45) is 10.00. The fourth-order valence-corrected chi connectivity index (χ4v) is 4.55. The fourth-order valence-electron chi connectivity index (χ4n) is 4.55. The maximum absolute atomic E-state index is 5.58. The molecule has 1 N–H and O–H groups in total. The summed E-state index contributed by atoms with van der Waals surface area (Å²) in [6, 6.07) is 1.52. The Morgan fingerprint density at radius 1 is 1.16 bits per heavy atom. The molecule has 0 radical (unpaired) electrons. The third-order valence-electron chi connectivity index (χ3n) is 5.69. The SMILES string of the molecule is CNC(CN1CCCC2CCCCC21)C1CCOC1. The molecule has 0 aromatic heterocycles. The summed E-state index contributed by atoms with van der Waals surface area (Å²) in [5.41, 5.74) is 0. The van der Waals surface area contributed by atoms with Gasteiger partial charge in [0.1, 0.15) is 0 Å². The van der Waals surface area contributed by atoms with Gasteiger partial charge in [-0.3, -0.25) is 4.90 Å². The lowest BCUT2D eigenvalue weighted by atomic mass is 9.78. The van der Waals surface area contributed by atoms with E-state index < -0.39 is 0 Å². The van der Waals surface area contributed by atoms with Crippen molar-refractivity contribution in [1.82, 2.24) is 10.2 Å². The average Bonchev–Trinajstić information content (AvgIpc) is 2.99. The van der Waals surface area contributed by atoms with Crippen molar-refractivity contribution >= 4 is 0 Å². The number of fused-ring (bicyclic) bond motifs is 1. The smallest absolute Gasteiger partial charge is 0.0510 e. The molecule has 3 heteroatoms. The number of likely N-dealkylation sites (tertiary alicyclic amines) is 1. The molecular formula is C16H30N2O. The first-order chi connectivity index (χ1) is 9.38. The Kier molecular flexibility index (Phi) is 4.78. The normalized spacial score (nSPS) is 38.1. The minimum absolute atomic E-state index is 0.628. The Labute approximate surface area is 118 Å². The third-order valence-corrected chi connectivity index (χ3v) is 5.69. The average molecular weight is 266 g/mol. The molecule has 0 aromatic carbocycles. The zero-order valence-electron chi connectivity index (χ0n) is 12.4. The van der Waals surface area contributed by atoms with E-state index in [1.165, 1.54) is 58.0 Å². The maximum atomic E-state index is 5.58. The molecule has 2 saturated heterocycles. The van der Waals surface area contributed by atoms with E-state index in [0.29, 0.717) is 6.04 Å². The van der Waals surface area contributed by atoms with E-state index in [4.69, 9.17) is 4.74 Å². The first-order valence-corrected chi connectivity index (χ1v) is 8.37. The Hall–Kier alpha value is -0.120. The molecule has 2 heterocycles. The van der Waals surface area contributed by atoms with Gasteiger partial charge in [0.15, 0.2) is 0 Å². The van der Waals surface area contributed by atoms with Crippen molar-refractivity contribution in [2.24, 2.45) is 11.8 Å². The molecule has 4 atom stereocenters. The van der Waals surface area contributed by atoms with Gasteiger partial charge < -0.3 is 10.1 Å². The van der Waals surface area contributed by atoms with Crippen LogP contribution in [0.5, 0.6) is 0 Å². The molecule has 1 saturated carbocycles. The Bertz CT molecular complexity index is 276. The summed E-state index contributed by atoms with van der Waals surface area (Å²) < 4.78 is 5.58. The van der Waals surface area contributed by atoms with Gasteiger partial charge in [-0.25, -0.2) is 0 Å². The van der Waals surface area contributed by atoms with Gasteiger partial charge in [0.25, 0.3) is 0 Å². The van der Waals surface area contributed by atoms with Crippen LogP contribution in [0.3, 0.4) is 0 Å². The fraction of sp³-hybridized carbons (Fsp3) is 1.00. The van der Waals surface area contributed by atoms with Crippen molar-refractivity contribution in [3.05, 3.63) is 0 Å². The second-order valence-corrected chi connectivity index (χ2v) is 6.77. The summed E-state index contributed by atoms with van der Waals surface area (Å²) in [4.78, 5) is 2.81. The summed E-state index contributed by atoms with van der Waals surface area (Å²) in [7, 11) is 2.13. The molecule has 0 spiro atoms. The number of likely N-dealkylation sites (N-methyl/N-ethyl adjacent to an activating group) is 1. The first-order valence-electron chi connectivity index (χ1n) is 8.37. The molecule has 0 amide bonds. The van der Waals surface area contributed by atoms with E-state index in [-0.39, 0.29) is 0 Å². The van der Waals surface area contributed by atoms with Gasteiger partial charge in [0, 0.05) is 31.2 Å². The van der Waals surface area contributed by atoms with E-state index >= 15 is 0 Å². The number of nitrogens with zero attached hydrogens (tertiary/aromatic N) is 1. The van der Waals surface area contributed by atoms with Crippen LogP contribution in [0.25, 0.3) is 0 Å². The van der Waals surface area contributed by atoms with Crippen LogP contribution in [0.1, 0.15) is 44.9 Å². The summed E-state index contributed by atoms with van der Waals surface area (Å²) in [5, 5.41) is 3.57. The van der Waals surface area contributed by atoms with E-state index in [1.807, 2.05) is 0 Å². The van der Waals surface area contributed by atoms with E-state index in [9.17, 15) is 0 Å². The van der Waals surface area contributed by atoms with Gasteiger partial charge in [-0.15, -0.1) is 0 Å². The zero-order chi connectivity index (χ0) is 13.1. The van der Waals surface area contributed by atoms with Gasteiger partial charge in [-0.05, 0) is 51.6 Å². The van der Waals surface area contributed by atoms with Crippen LogP contribution >= 0.6 is 0 Å². The quantitative estimate of drug-likeness (QED) is 0.845. The summed E-state index contributed by atoms with van der Waals surface area (Å²) >= 11 is 0. The number of piperidine rings is 1. The zero-order valence-corrected chi connectivity index (χ0v) is 12.4. The molecular weight excluding hydrogens is 236 g/mol. The van der Waals surface area contributed by atoms with Crippen LogP contribution in [0, 0.1) is 11.8 Å². The molecule has 3 nitrogen and oxygen atoms in total. The minimum Gasteiger partial charge on any atom is -0.381 e. The number of ether oxygens (including phenoxy) is 1. The third kappa shape index (κ3) is 3.14. The highest BCUT2D eigenvalue weighted by molar-refractivity contribution is 4.90. The van der Waals surface area contributed by atoms with Gasteiger partial charge >= 0.3 is 0 Å². The second kappa shape index (κ2) is 6.55. The first kappa shape index (κ1) is 13.8. The largest absolute Gasteiger partial charge is 0.381 e. The van der Waals surface area contributed by atoms with Crippen LogP contribution in [-0.4, -0.2) is 50.3 Å². The summed E-state index contributed by atoms with van der Waals surface area (Å²) in [5.74, 6) is 1.73. The highest BCUT2D eigenvalue weighted by atomic mass is 16.5. The van der Waals surface area contributed by atoms with Gasteiger partial charge in [-0.2, -0.15) is 0 Å². The minimum atomic E-state index is 0.628. The summed E-state index contributed by atoms with van der Waals surface area (Å²) in [6.45, 7) is 4.50. The molecule has 110 valence electrons. The molecule has 3 rings (SSSR count). The van der Waals surface area contributed by atoms with Crippen molar-refractivity contribution in [3.8, 4) is 0 Å². The van der Waals surface area contributed by atoms with Crippen molar-refractivity contribution in [2.45, 2.75) is 57.0 Å². The van der Waals surface area contributed by atoms with Crippen molar-refractivity contribution in [3.63, 3.8) is 0 Å². The maximum Gasteiger partial charge on any atom is 0.0510 e. The Morgan fingerprint density at radius 2 is 2.00 bits per heavy atom. The van der Waals surface area contributed by atoms with Crippen LogP contribution < -0.4 is 5.32 Å². The molecule has 2 aliphatic heterocycles. The molecule has 3 aliphatic rings. The predicted molar refractivity (Wildman–Crippen MR) is 78.3 cm³/mol. The number of hydrogen-bond acceptors (Lipinski definition) is 3. The lowest BCUT2D eigenvalue weighted by Gasteiger charge is -2.45. The monoisotopic (exact) mass is 266 g/mol. The van der Waals surface area contributed by atoms with E-state index in [1.54, 1.807) is 0 Å². The van der Waals surface area contributed by atoms with Crippen LogP contribution in [0.15, 0.2) is 0 Å². The number of hydrogen-bond donors (Lipinski definition) is 1. The Balaban J connectivity index is 1.59. The highest BCUT2D eigenvalue weighted by Gasteiger charge is 2.35. The van der Waals surface area contributed by atoms with E-state index in [0.717, 1.165) is 31.1 Å². The van der Waals surface area contributed by atoms with Crippen LogP contribution in [-0.2, 0) is 4.74 Å². The lowest BCUT2D eigenvalue weighted by molar-refractivity contribution is 0.0463. The standard InChI is InChI=1S/C16H30N2O/c1-17-15(14-8-10-19-12-14)11-18-9-4-6-13-5-2-3-7-16(13)18/h13-17H,2-12H2,1H3. The van der Waals surface area contributed by atoms with Gasteiger partial charge in [0.05, 0.1) is 6.61 Å². The van der Waals surface area contributed by atoms with Crippen LogP contribution in [0.2, 0.25) is 0 Å². The van der Waals surface area contributed by atoms with Crippen molar-refractivity contribution in [1.29, 1.82) is 0 Å². The Morgan fingerprint density at radius 3 is 2.79 bits per heavy atom. The molecule has 19 heavy (non-hydrogen) atoms. The topological polar surface area (TPSA) is 24.5 Å². The van der Waals surface area contributed by atoms with Crippen LogP contribution in [0.4, 0.5) is 0 Å². The van der Waals surface area contributed by atoms with Crippen molar-refractivity contribution in [2.75, 3.05) is 33.4 Å². The van der Waals surface area contributed by atoms with Crippen molar-refractivity contribution < 1.29 is 4.74 Å². The highest BCUT2D eigenvalue weighted by Crippen LogP contribution is 2.35. The molecule has 0 aromatic rings. The molecule has 0 bridgehead atoms. The van der Waals surface area contributed by atoms with Gasteiger partial charge in [0.2, 0.25) is 0 Å².